The number of carbonyl (C=O) groups is 1. The number of imidazole rings is 1. The molecule has 0 unspecified atom stereocenters. The van der Waals surface area contributed by atoms with Crippen LogP contribution in [0.1, 0.15) is 29.9 Å². The van der Waals surface area contributed by atoms with Crippen molar-refractivity contribution < 1.29 is 9.53 Å². The number of halogens is 1. The second kappa shape index (κ2) is 6.35. The maximum Gasteiger partial charge on any atom is 0.230 e. The van der Waals surface area contributed by atoms with Crippen molar-refractivity contribution in [2.45, 2.75) is 31.3 Å². The summed E-state index contributed by atoms with van der Waals surface area (Å²) in [6.07, 6.45) is 4.61. The van der Waals surface area contributed by atoms with Crippen LogP contribution in [-0.4, -0.2) is 50.7 Å². The van der Waals surface area contributed by atoms with Crippen LogP contribution in [0.2, 0.25) is 5.02 Å². The van der Waals surface area contributed by atoms with Gasteiger partial charge in [-0.3, -0.25) is 9.89 Å². The predicted molar refractivity (Wildman–Crippen MR) is 101 cm³/mol. The van der Waals surface area contributed by atoms with E-state index in [9.17, 15) is 4.79 Å². The van der Waals surface area contributed by atoms with Gasteiger partial charge in [-0.15, -0.1) is 0 Å². The Hall–Kier alpha value is -2.38. The van der Waals surface area contributed by atoms with Crippen LogP contribution >= 0.6 is 11.6 Å². The molecule has 1 spiro atoms. The van der Waals surface area contributed by atoms with E-state index in [2.05, 4.69) is 20.2 Å². The number of benzene rings is 1. The van der Waals surface area contributed by atoms with Crippen molar-refractivity contribution in [1.82, 2.24) is 25.1 Å². The van der Waals surface area contributed by atoms with Crippen LogP contribution < -0.4 is 0 Å². The summed E-state index contributed by atoms with van der Waals surface area (Å²) in [5.41, 5.74) is 3.68. The van der Waals surface area contributed by atoms with E-state index >= 15 is 0 Å². The van der Waals surface area contributed by atoms with Gasteiger partial charge in [0.15, 0.2) is 0 Å². The molecule has 0 saturated carbocycles. The highest BCUT2D eigenvalue weighted by Crippen LogP contribution is 2.40. The summed E-state index contributed by atoms with van der Waals surface area (Å²) in [6.45, 7) is 2.05. The van der Waals surface area contributed by atoms with Crippen LogP contribution in [-0.2, 0) is 28.0 Å². The molecule has 2 aromatic heterocycles. The summed E-state index contributed by atoms with van der Waals surface area (Å²) < 4.78 is 6.15. The highest BCUT2D eigenvalue weighted by Gasteiger charge is 2.43. The van der Waals surface area contributed by atoms with E-state index < -0.39 is 0 Å². The van der Waals surface area contributed by atoms with Gasteiger partial charge in [-0.1, -0.05) is 11.6 Å². The van der Waals surface area contributed by atoms with E-state index in [1.54, 1.807) is 6.07 Å². The van der Waals surface area contributed by atoms with Crippen molar-refractivity contribution >= 4 is 28.5 Å². The van der Waals surface area contributed by atoms with Crippen molar-refractivity contribution in [2.75, 3.05) is 19.7 Å². The van der Waals surface area contributed by atoms with Crippen molar-refractivity contribution in [2.24, 2.45) is 0 Å². The molecule has 8 heteroatoms. The number of rotatable bonds is 2. The first-order chi connectivity index (χ1) is 13.1. The molecule has 0 atom stereocenters. The molecule has 7 nitrogen and oxygen atoms in total. The van der Waals surface area contributed by atoms with Gasteiger partial charge in [0.1, 0.15) is 11.4 Å². The minimum absolute atomic E-state index is 0.0793. The Labute approximate surface area is 161 Å². The molecule has 2 aliphatic heterocycles. The van der Waals surface area contributed by atoms with Crippen molar-refractivity contribution in [3.8, 4) is 0 Å². The molecule has 1 saturated heterocycles. The van der Waals surface area contributed by atoms with Crippen molar-refractivity contribution in [3.05, 3.63) is 46.5 Å². The molecule has 2 aliphatic rings. The number of aromatic amines is 2. The molecule has 27 heavy (non-hydrogen) atoms. The van der Waals surface area contributed by atoms with Gasteiger partial charge in [0, 0.05) is 18.1 Å². The van der Waals surface area contributed by atoms with Gasteiger partial charge < -0.3 is 14.6 Å². The number of carbonyl (C=O) groups excluding carboxylic acids is 1. The lowest BCUT2D eigenvalue weighted by Gasteiger charge is -2.43. The minimum Gasteiger partial charge on any atom is -0.368 e. The molecule has 0 bridgehead atoms. The number of hydrogen-bond donors (Lipinski definition) is 2. The van der Waals surface area contributed by atoms with Crippen LogP contribution in [0.5, 0.6) is 0 Å². The van der Waals surface area contributed by atoms with Crippen molar-refractivity contribution in [1.29, 1.82) is 0 Å². The Bertz CT molecular complexity index is 1000. The summed E-state index contributed by atoms with van der Waals surface area (Å²) in [5, 5.41) is 7.95. The largest absolute Gasteiger partial charge is 0.368 e. The number of amides is 1. The molecule has 5 rings (SSSR count). The fourth-order valence-corrected chi connectivity index (χ4v) is 4.38. The topological polar surface area (TPSA) is 86.9 Å². The normalized spacial score (nSPS) is 18.8. The van der Waals surface area contributed by atoms with E-state index in [1.807, 2.05) is 23.2 Å². The SMILES string of the molecule is O=C(Cc1nc2ccc(Cl)cc2[nH]1)N1CCC2(CC1)OCCc1cn[nH]c12. The number of piperidine rings is 1. The summed E-state index contributed by atoms with van der Waals surface area (Å²) in [5.74, 6) is 0.748. The maximum absolute atomic E-state index is 12.8. The van der Waals surface area contributed by atoms with E-state index in [0.717, 1.165) is 36.0 Å². The van der Waals surface area contributed by atoms with Gasteiger partial charge in [-0.2, -0.15) is 5.10 Å². The second-order valence-corrected chi connectivity index (χ2v) is 7.70. The van der Waals surface area contributed by atoms with E-state index in [4.69, 9.17) is 16.3 Å². The Kier molecular flexibility index (Phi) is 3.94. The molecule has 0 radical (unpaired) electrons. The first-order valence-electron chi connectivity index (χ1n) is 9.22. The number of likely N-dealkylation sites (tertiary alicyclic amines) is 1. The standard InChI is InChI=1S/C19H20ClN5O2/c20-13-1-2-14-15(9-13)23-16(22-14)10-17(26)25-6-4-19(5-7-25)18-12(3-8-27-19)11-21-24-18/h1-2,9,11H,3-8,10H2,(H,21,24)(H,22,23). The smallest absolute Gasteiger partial charge is 0.230 e. The number of fused-ring (bicyclic) bond motifs is 3. The van der Waals surface area contributed by atoms with Gasteiger partial charge in [-0.25, -0.2) is 4.98 Å². The van der Waals surface area contributed by atoms with E-state index in [0.29, 0.717) is 30.5 Å². The fraction of sp³-hybridized carbons (Fsp3) is 0.421. The Balaban J connectivity index is 1.28. The van der Waals surface area contributed by atoms with Gasteiger partial charge in [0.25, 0.3) is 0 Å². The third-order valence-corrected chi connectivity index (χ3v) is 5.89. The zero-order valence-electron chi connectivity index (χ0n) is 14.8. The van der Waals surface area contributed by atoms with E-state index in [1.165, 1.54) is 5.56 Å². The highest BCUT2D eigenvalue weighted by molar-refractivity contribution is 6.31. The molecule has 1 fully saturated rings. The molecular weight excluding hydrogens is 366 g/mol. The maximum atomic E-state index is 12.8. The Morgan fingerprint density at radius 2 is 2.19 bits per heavy atom. The monoisotopic (exact) mass is 385 g/mol. The molecular formula is C19H20ClN5O2. The minimum atomic E-state index is -0.322. The molecule has 1 amide bonds. The third-order valence-electron chi connectivity index (χ3n) is 5.66. The van der Waals surface area contributed by atoms with Crippen molar-refractivity contribution in [3.63, 3.8) is 0 Å². The molecule has 1 aromatic carbocycles. The first-order valence-corrected chi connectivity index (χ1v) is 9.59. The summed E-state index contributed by atoms with van der Waals surface area (Å²) in [4.78, 5) is 22.3. The summed E-state index contributed by atoms with van der Waals surface area (Å²) in [6, 6.07) is 5.48. The first kappa shape index (κ1) is 16.8. The van der Waals surface area contributed by atoms with Crippen LogP contribution in [0.4, 0.5) is 0 Å². The Morgan fingerprint density at radius 3 is 3.04 bits per heavy atom. The van der Waals surface area contributed by atoms with Crippen LogP contribution in [0, 0.1) is 0 Å². The fourth-order valence-electron chi connectivity index (χ4n) is 4.21. The zero-order valence-corrected chi connectivity index (χ0v) is 15.6. The predicted octanol–water partition coefficient (Wildman–Crippen LogP) is 2.57. The zero-order chi connectivity index (χ0) is 18.4. The molecule has 140 valence electrons. The average molecular weight is 386 g/mol. The van der Waals surface area contributed by atoms with Gasteiger partial charge in [0.2, 0.25) is 5.91 Å². The number of H-pyrrole nitrogens is 2. The van der Waals surface area contributed by atoms with E-state index in [-0.39, 0.29) is 17.9 Å². The highest BCUT2D eigenvalue weighted by atomic mass is 35.5. The molecule has 0 aliphatic carbocycles. The van der Waals surface area contributed by atoms with Crippen LogP contribution in [0.3, 0.4) is 0 Å². The van der Waals surface area contributed by atoms with Gasteiger partial charge >= 0.3 is 0 Å². The molecule has 3 aromatic rings. The van der Waals surface area contributed by atoms with Gasteiger partial charge in [0.05, 0.1) is 36.0 Å². The molecule has 4 heterocycles. The lowest BCUT2D eigenvalue weighted by Crippen LogP contribution is -2.48. The van der Waals surface area contributed by atoms with Crippen LogP contribution in [0.15, 0.2) is 24.4 Å². The third kappa shape index (κ3) is 2.91. The Morgan fingerprint density at radius 1 is 1.33 bits per heavy atom. The quantitative estimate of drug-likeness (QED) is 0.709. The number of nitrogens with one attached hydrogen (secondary N) is 2. The average Bonchev–Trinajstić information content (AvgIpc) is 3.29. The van der Waals surface area contributed by atoms with Crippen LogP contribution in [0.25, 0.3) is 11.0 Å². The number of hydrogen-bond acceptors (Lipinski definition) is 4. The lowest BCUT2D eigenvalue weighted by molar-refractivity contribution is -0.140. The van der Waals surface area contributed by atoms with Gasteiger partial charge in [-0.05, 0) is 43.0 Å². The number of aromatic nitrogens is 4. The number of ether oxygens (including phenoxy) is 1. The second-order valence-electron chi connectivity index (χ2n) is 7.27. The lowest BCUT2D eigenvalue weighted by atomic mass is 9.83. The number of nitrogens with zero attached hydrogens (tertiary/aromatic N) is 3. The summed E-state index contributed by atoms with van der Waals surface area (Å²) >= 11 is 6.01. The summed E-state index contributed by atoms with van der Waals surface area (Å²) in [7, 11) is 0. The molecule has 2 N–H and O–H groups in total.